The first-order valence-corrected chi connectivity index (χ1v) is 8.89. The van der Waals surface area contributed by atoms with Gasteiger partial charge in [-0.05, 0) is 65.6 Å². The standard InChI is InChI=1S/C17H24BrClFN/c1-4-21-16(11-7-9-17(2,3)10-8-11)12-5-6-13(18)14(19)15(12)20/h5-6,11,16,21H,4,7-10H2,1-3H3. The highest BCUT2D eigenvalue weighted by atomic mass is 79.9. The van der Waals surface area contributed by atoms with Crippen molar-refractivity contribution in [2.75, 3.05) is 6.54 Å². The lowest BCUT2D eigenvalue weighted by Crippen LogP contribution is -2.33. The SMILES string of the molecule is CCNC(c1ccc(Br)c(Cl)c1F)C1CCC(C)(C)CC1. The predicted octanol–water partition coefficient (Wildman–Crippen LogP) is 6.11. The highest BCUT2D eigenvalue weighted by molar-refractivity contribution is 9.10. The number of hydrogen-bond donors (Lipinski definition) is 1. The number of rotatable bonds is 4. The Labute approximate surface area is 140 Å². The third kappa shape index (κ3) is 4.00. The lowest BCUT2D eigenvalue weighted by Gasteiger charge is -2.38. The smallest absolute Gasteiger partial charge is 0.147 e. The molecule has 0 heterocycles. The van der Waals surface area contributed by atoms with Gasteiger partial charge in [0, 0.05) is 16.1 Å². The van der Waals surface area contributed by atoms with E-state index in [1.807, 2.05) is 12.1 Å². The van der Waals surface area contributed by atoms with Crippen LogP contribution in [-0.2, 0) is 0 Å². The third-order valence-electron chi connectivity index (χ3n) is 4.68. The highest BCUT2D eigenvalue weighted by Gasteiger charge is 2.33. The van der Waals surface area contributed by atoms with E-state index in [4.69, 9.17) is 11.6 Å². The molecule has 0 amide bonds. The molecule has 1 atom stereocenters. The number of hydrogen-bond acceptors (Lipinski definition) is 1. The van der Waals surface area contributed by atoms with Crippen molar-refractivity contribution in [3.8, 4) is 0 Å². The molecule has 1 unspecified atom stereocenters. The van der Waals surface area contributed by atoms with Crippen molar-refractivity contribution in [3.05, 3.63) is 33.0 Å². The van der Waals surface area contributed by atoms with Crippen LogP contribution < -0.4 is 5.32 Å². The molecule has 0 radical (unpaired) electrons. The van der Waals surface area contributed by atoms with E-state index in [-0.39, 0.29) is 16.9 Å². The first kappa shape index (κ1) is 17.2. The van der Waals surface area contributed by atoms with E-state index in [1.165, 1.54) is 12.8 Å². The molecule has 1 saturated carbocycles. The molecule has 1 aliphatic carbocycles. The van der Waals surface area contributed by atoms with Crippen LogP contribution in [-0.4, -0.2) is 6.54 Å². The zero-order valence-electron chi connectivity index (χ0n) is 13.0. The van der Waals surface area contributed by atoms with Crippen molar-refractivity contribution in [1.29, 1.82) is 0 Å². The molecule has 0 bridgehead atoms. The van der Waals surface area contributed by atoms with E-state index in [0.29, 0.717) is 21.4 Å². The van der Waals surface area contributed by atoms with E-state index in [9.17, 15) is 4.39 Å². The fraction of sp³-hybridized carbons (Fsp3) is 0.647. The van der Waals surface area contributed by atoms with Crippen molar-refractivity contribution >= 4 is 27.5 Å². The molecule has 1 N–H and O–H groups in total. The zero-order valence-corrected chi connectivity index (χ0v) is 15.3. The van der Waals surface area contributed by atoms with Crippen LogP contribution in [0, 0.1) is 17.2 Å². The van der Waals surface area contributed by atoms with Gasteiger partial charge < -0.3 is 5.32 Å². The molecule has 1 nitrogen and oxygen atoms in total. The fourth-order valence-electron chi connectivity index (χ4n) is 3.29. The minimum absolute atomic E-state index is 0.0525. The average Bonchev–Trinajstić information content (AvgIpc) is 2.44. The average molecular weight is 377 g/mol. The van der Waals surface area contributed by atoms with Gasteiger partial charge in [-0.25, -0.2) is 4.39 Å². The van der Waals surface area contributed by atoms with E-state index in [1.54, 1.807) is 0 Å². The van der Waals surface area contributed by atoms with E-state index in [2.05, 4.69) is 42.0 Å². The minimum Gasteiger partial charge on any atom is -0.310 e. The lowest BCUT2D eigenvalue weighted by atomic mass is 9.70. The maximum Gasteiger partial charge on any atom is 0.147 e. The van der Waals surface area contributed by atoms with Crippen LogP contribution in [0.5, 0.6) is 0 Å². The minimum atomic E-state index is -0.290. The molecular weight excluding hydrogens is 353 g/mol. The molecule has 118 valence electrons. The van der Waals surface area contributed by atoms with Gasteiger partial charge in [-0.1, -0.05) is 38.4 Å². The van der Waals surface area contributed by atoms with E-state index < -0.39 is 0 Å². The molecule has 1 fully saturated rings. The summed E-state index contributed by atoms with van der Waals surface area (Å²) in [5.74, 6) is 0.187. The molecule has 1 aromatic rings. The van der Waals surface area contributed by atoms with Crippen LogP contribution in [0.25, 0.3) is 0 Å². The molecule has 1 aliphatic rings. The van der Waals surface area contributed by atoms with Gasteiger partial charge in [-0.2, -0.15) is 0 Å². The summed E-state index contributed by atoms with van der Waals surface area (Å²) in [7, 11) is 0. The Balaban J connectivity index is 2.26. The van der Waals surface area contributed by atoms with Crippen LogP contribution in [0.1, 0.15) is 58.1 Å². The first-order chi connectivity index (χ1) is 9.85. The number of benzene rings is 1. The Kier molecular flexibility index (Phi) is 5.72. The quantitative estimate of drug-likeness (QED) is 0.625. The van der Waals surface area contributed by atoms with Gasteiger partial charge in [0.1, 0.15) is 5.82 Å². The molecule has 0 spiro atoms. The summed E-state index contributed by atoms with van der Waals surface area (Å²) in [6.45, 7) is 7.54. The first-order valence-electron chi connectivity index (χ1n) is 7.72. The van der Waals surface area contributed by atoms with Gasteiger partial charge >= 0.3 is 0 Å². The molecule has 0 saturated heterocycles. The van der Waals surface area contributed by atoms with Crippen LogP contribution >= 0.6 is 27.5 Å². The lowest BCUT2D eigenvalue weighted by molar-refractivity contribution is 0.160. The second-order valence-electron chi connectivity index (χ2n) is 6.80. The summed E-state index contributed by atoms with van der Waals surface area (Å²) in [4.78, 5) is 0. The molecular formula is C17H24BrClFN. The molecule has 1 aromatic carbocycles. The largest absolute Gasteiger partial charge is 0.310 e. The predicted molar refractivity (Wildman–Crippen MR) is 91.3 cm³/mol. The normalized spacial score (nSPS) is 20.5. The zero-order chi connectivity index (χ0) is 15.6. The van der Waals surface area contributed by atoms with Crippen molar-refractivity contribution in [2.24, 2.45) is 11.3 Å². The van der Waals surface area contributed by atoms with Gasteiger partial charge in [0.05, 0.1) is 5.02 Å². The van der Waals surface area contributed by atoms with Crippen LogP contribution in [0.4, 0.5) is 4.39 Å². The molecule has 4 heteroatoms. The topological polar surface area (TPSA) is 12.0 Å². The van der Waals surface area contributed by atoms with Crippen LogP contribution in [0.3, 0.4) is 0 Å². The van der Waals surface area contributed by atoms with Gasteiger partial charge in [0.15, 0.2) is 0 Å². The number of halogens is 3. The Hall–Kier alpha value is -0.120. The third-order valence-corrected chi connectivity index (χ3v) is 5.94. The molecule has 21 heavy (non-hydrogen) atoms. The summed E-state index contributed by atoms with van der Waals surface area (Å²) in [6.07, 6.45) is 4.67. The summed E-state index contributed by atoms with van der Waals surface area (Å²) >= 11 is 9.35. The summed E-state index contributed by atoms with van der Waals surface area (Å²) in [5, 5.41) is 3.66. The fourth-order valence-corrected chi connectivity index (χ4v) is 3.76. The van der Waals surface area contributed by atoms with Crippen LogP contribution in [0.15, 0.2) is 16.6 Å². The maximum absolute atomic E-state index is 14.5. The molecule has 0 aromatic heterocycles. The Morgan fingerprint density at radius 3 is 2.57 bits per heavy atom. The Morgan fingerprint density at radius 2 is 2.00 bits per heavy atom. The summed E-state index contributed by atoms with van der Waals surface area (Å²) in [5.41, 5.74) is 1.12. The van der Waals surface area contributed by atoms with E-state index >= 15 is 0 Å². The van der Waals surface area contributed by atoms with Crippen molar-refractivity contribution in [3.63, 3.8) is 0 Å². The van der Waals surface area contributed by atoms with Gasteiger partial charge in [-0.3, -0.25) is 0 Å². The Bertz CT molecular complexity index is 494. The van der Waals surface area contributed by atoms with Crippen molar-refractivity contribution in [1.82, 2.24) is 5.32 Å². The molecule has 2 rings (SSSR count). The summed E-state index contributed by atoms with van der Waals surface area (Å²) in [6, 6.07) is 3.76. The van der Waals surface area contributed by atoms with Crippen LogP contribution in [0.2, 0.25) is 5.02 Å². The van der Waals surface area contributed by atoms with Crippen molar-refractivity contribution in [2.45, 2.75) is 52.5 Å². The number of nitrogens with one attached hydrogen (secondary N) is 1. The Morgan fingerprint density at radius 1 is 1.38 bits per heavy atom. The highest BCUT2D eigenvalue weighted by Crippen LogP contribution is 2.44. The second-order valence-corrected chi connectivity index (χ2v) is 8.03. The second kappa shape index (κ2) is 6.97. The molecule has 0 aliphatic heterocycles. The summed E-state index contributed by atoms with van der Waals surface area (Å²) < 4.78 is 15.2. The van der Waals surface area contributed by atoms with Gasteiger partial charge in [0.2, 0.25) is 0 Å². The van der Waals surface area contributed by atoms with Gasteiger partial charge in [-0.15, -0.1) is 0 Å². The monoisotopic (exact) mass is 375 g/mol. The van der Waals surface area contributed by atoms with E-state index in [0.717, 1.165) is 19.4 Å². The van der Waals surface area contributed by atoms with Crippen molar-refractivity contribution < 1.29 is 4.39 Å². The maximum atomic E-state index is 14.5. The van der Waals surface area contributed by atoms with Gasteiger partial charge in [0.25, 0.3) is 0 Å².